The number of rotatable bonds is 4. The minimum Gasteiger partial charge on any atom is -0.378 e. The van der Waals surface area contributed by atoms with Gasteiger partial charge in [0.1, 0.15) is 11.6 Å². The van der Waals surface area contributed by atoms with Crippen LogP contribution >= 0.6 is 0 Å². The van der Waals surface area contributed by atoms with Crippen LogP contribution in [0.3, 0.4) is 0 Å². The summed E-state index contributed by atoms with van der Waals surface area (Å²) in [7, 11) is 0. The number of amides is 1. The number of pyridine rings is 2. The largest absolute Gasteiger partial charge is 0.378 e. The van der Waals surface area contributed by atoms with Gasteiger partial charge in [-0.1, -0.05) is 6.07 Å². The Kier molecular flexibility index (Phi) is 6.06. The number of ether oxygens (including phenoxy) is 1. The first-order valence-electron chi connectivity index (χ1n) is 12.6. The fourth-order valence-corrected chi connectivity index (χ4v) is 4.95. The summed E-state index contributed by atoms with van der Waals surface area (Å²) in [6, 6.07) is 10.1. The first-order chi connectivity index (χ1) is 17.7. The monoisotopic (exact) mass is 483 g/mol. The molecule has 2 aliphatic rings. The quantitative estimate of drug-likeness (QED) is 0.438. The van der Waals surface area contributed by atoms with Gasteiger partial charge in [-0.3, -0.25) is 4.79 Å². The number of carbonyl (C=O) groups excluding carboxylic acids is 1. The van der Waals surface area contributed by atoms with Gasteiger partial charge in [0.2, 0.25) is 0 Å². The molecule has 9 heteroatoms. The molecule has 0 aliphatic carbocycles. The average molecular weight is 484 g/mol. The van der Waals surface area contributed by atoms with Crippen molar-refractivity contribution in [3.63, 3.8) is 0 Å². The molecule has 0 aromatic carbocycles. The molecule has 0 unspecified atom stereocenters. The molecule has 6 heterocycles. The average Bonchev–Trinajstić information content (AvgIpc) is 3.38. The number of aromatic nitrogens is 5. The summed E-state index contributed by atoms with van der Waals surface area (Å²) in [4.78, 5) is 31.2. The maximum atomic E-state index is 13.3. The molecular formula is C27H29N7O2. The summed E-state index contributed by atoms with van der Waals surface area (Å²) >= 11 is 0. The van der Waals surface area contributed by atoms with Crippen LogP contribution in [-0.4, -0.2) is 74.8 Å². The normalized spacial score (nSPS) is 16.5. The van der Waals surface area contributed by atoms with E-state index in [1.54, 1.807) is 18.6 Å². The van der Waals surface area contributed by atoms with Crippen LogP contribution in [0.15, 0.2) is 48.9 Å². The Morgan fingerprint density at radius 3 is 2.47 bits per heavy atom. The molecular weight excluding hydrogens is 454 g/mol. The van der Waals surface area contributed by atoms with E-state index in [9.17, 15) is 4.79 Å². The maximum Gasteiger partial charge on any atom is 0.257 e. The highest BCUT2D eigenvalue weighted by Gasteiger charge is 2.23. The van der Waals surface area contributed by atoms with Crippen molar-refractivity contribution in [1.29, 1.82) is 0 Å². The number of likely N-dealkylation sites (tertiary alicyclic amines) is 1. The van der Waals surface area contributed by atoms with Gasteiger partial charge < -0.3 is 14.5 Å². The fourth-order valence-electron chi connectivity index (χ4n) is 4.95. The Hall–Kier alpha value is -3.85. The van der Waals surface area contributed by atoms with Crippen molar-refractivity contribution in [1.82, 2.24) is 29.5 Å². The zero-order valence-electron chi connectivity index (χ0n) is 20.4. The molecule has 0 atom stereocenters. The van der Waals surface area contributed by atoms with Gasteiger partial charge in [-0.05, 0) is 50.5 Å². The van der Waals surface area contributed by atoms with Crippen LogP contribution in [-0.2, 0) is 4.74 Å². The molecule has 0 bridgehead atoms. The van der Waals surface area contributed by atoms with Crippen LogP contribution in [0.1, 0.15) is 35.4 Å². The standard InChI is InChI=1S/C27H29N7O2/c1-19-28-16-21(17-29-19)23-14-20(15-26(31-23)32-10-12-36-13-11-32)24-6-5-7-25-22(18-30-34(24)25)27(35)33-8-3-2-4-9-33/h5-7,14-18H,2-4,8-13H2,1H3. The molecule has 36 heavy (non-hydrogen) atoms. The SMILES string of the molecule is Cc1ncc(-c2cc(-c3cccc4c(C(=O)N5CCCCC5)cnn34)cc(N3CCOCC3)n2)cn1. The molecule has 9 nitrogen and oxygen atoms in total. The molecule has 4 aromatic heterocycles. The van der Waals surface area contributed by atoms with Gasteiger partial charge in [0.15, 0.2) is 0 Å². The Bertz CT molecular complexity index is 1390. The molecule has 0 radical (unpaired) electrons. The second-order valence-electron chi connectivity index (χ2n) is 9.34. The molecule has 4 aromatic rings. The number of aryl methyl sites for hydroxylation is 1. The van der Waals surface area contributed by atoms with E-state index in [0.717, 1.165) is 78.7 Å². The molecule has 0 spiro atoms. The Labute approximate surface area is 209 Å². The second-order valence-corrected chi connectivity index (χ2v) is 9.34. The van der Waals surface area contributed by atoms with Crippen molar-refractivity contribution in [3.8, 4) is 22.5 Å². The van der Waals surface area contributed by atoms with Crippen LogP contribution in [0, 0.1) is 6.92 Å². The first kappa shape index (κ1) is 22.6. The predicted molar refractivity (Wildman–Crippen MR) is 137 cm³/mol. The number of hydrogen-bond donors (Lipinski definition) is 0. The van der Waals surface area contributed by atoms with Crippen LogP contribution in [0.25, 0.3) is 28.0 Å². The number of morpholine rings is 1. The highest BCUT2D eigenvalue weighted by molar-refractivity contribution is 6.01. The minimum absolute atomic E-state index is 0.0584. The molecule has 1 amide bonds. The van der Waals surface area contributed by atoms with Gasteiger partial charge in [-0.15, -0.1) is 0 Å². The van der Waals surface area contributed by atoms with Crippen LogP contribution in [0.2, 0.25) is 0 Å². The van der Waals surface area contributed by atoms with Gasteiger partial charge in [0, 0.05) is 49.7 Å². The Morgan fingerprint density at radius 2 is 1.69 bits per heavy atom. The number of anilines is 1. The van der Waals surface area contributed by atoms with E-state index in [0.29, 0.717) is 18.8 Å². The third kappa shape index (κ3) is 4.30. The second kappa shape index (κ2) is 9.66. The van der Waals surface area contributed by atoms with Crippen molar-refractivity contribution in [2.24, 2.45) is 0 Å². The van der Waals surface area contributed by atoms with Crippen molar-refractivity contribution < 1.29 is 9.53 Å². The lowest BCUT2D eigenvalue weighted by molar-refractivity contribution is 0.0726. The molecule has 0 saturated carbocycles. The summed E-state index contributed by atoms with van der Waals surface area (Å²) in [5.41, 5.74) is 4.97. The van der Waals surface area contributed by atoms with E-state index in [1.165, 1.54) is 6.42 Å². The van der Waals surface area contributed by atoms with Gasteiger partial charge in [-0.2, -0.15) is 5.10 Å². The third-order valence-corrected chi connectivity index (χ3v) is 6.94. The summed E-state index contributed by atoms with van der Waals surface area (Å²) in [6.45, 7) is 6.39. The zero-order valence-corrected chi connectivity index (χ0v) is 20.4. The molecule has 2 fully saturated rings. The van der Waals surface area contributed by atoms with E-state index < -0.39 is 0 Å². The fraction of sp³-hybridized carbons (Fsp3) is 0.370. The van der Waals surface area contributed by atoms with E-state index in [2.05, 4.69) is 26.0 Å². The highest BCUT2D eigenvalue weighted by atomic mass is 16.5. The third-order valence-electron chi connectivity index (χ3n) is 6.94. The van der Waals surface area contributed by atoms with Crippen LogP contribution in [0.5, 0.6) is 0 Å². The zero-order chi connectivity index (χ0) is 24.5. The molecule has 2 saturated heterocycles. The van der Waals surface area contributed by atoms with Crippen molar-refractivity contribution in [2.75, 3.05) is 44.3 Å². The number of fused-ring (bicyclic) bond motifs is 1. The van der Waals surface area contributed by atoms with E-state index >= 15 is 0 Å². The summed E-state index contributed by atoms with van der Waals surface area (Å²) in [5.74, 6) is 1.65. The Balaban J connectivity index is 1.45. The summed E-state index contributed by atoms with van der Waals surface area (Å²) in [6.07, 6.45) is 8.62. The van der Waals surface area contributed by atoms with Gasteiger partial charge in [0.25, 0.3) is 5.91 Å². The predicted octanol–water partition coefficient (Wildman–Crippen LogP) is 3.62. The summed E-state index contributed by atoms with van der Waals surface area (Å²) < 4.78 is 7.42. The van der Waals surface area contributed by atoms with Gasteiger partial charge >= 0.3 is 0 Å². The van der Waals surface area contributed by atoms with Gasteiger partial charge in [-0.25, -0.2) is 19.5 Å². The highest BCUT2D eigenvalue weighted by Crippen LogP contribution is 2.30. The minimum atomic E-state index is 0.0584. The number of carbonyl (C=O) groups is 1. The maximum absolute atomic E-state index is 13.3. The number of hydrogen-bond acceptors (Lipinski definition) is 7. The Morgan fingerprint density at radius 1 is 0.917 bits per heavy atom. The van der Waals surface area contributed by atoms with E-state index in [1.807, 2.05) is 40.6 Å². The first-order valence-corrected chi connectivity index (χ1v) is 12.6. The molecule has 6 rings (SSSR count). The lowest BCUT2D eigenvalue weighted by atomic mass is 10.1. The van der Waals surface area contributed by atoms with Gasteiger partial charge in [0.05, 0.1) is 41.9 Å². The molecule has 0 N–H and O–H groups in total. The molecule has 2 aliphatic heterocycles. The number of nitrogens with zero attached hydrogens (tertiary/aromatic N) is 7. The van der Waals surface area contributed by atoms with Crippen molar-refractivity contribution in [3.05, 3.63) is 60.3 Å². The smallest absolute Gasteiger partial charge is 0.257 e. The van der Waals surface area contributed by atoms with E-state index in [-0.39, 0.29) is 5.91 Å². The summed E-state index contributed by atoms with van der Waals surface area (Å²) in [5, 5.41) is 4.66. The topological polar surface area (TPSA) is 88.8 Å². The number of piperidine rings is 1. The van der Waals surface area contributed by atoms with Crippen LogP contribution in [0.4, 0.5) is 5.82 Å². The van der Waals surface area contributed by atoms with Crippen molar-refractivity contribution >= 4 is 17.2 Å². The van der Waals surface area contributed by atoms with E-state index in [4.69, 9.17) is 9.72 Å². The van der Waals surface area contributed by atoms with Crippen LogP contribution < -0.4 is 4.90 Å². The molecule has 184 valence electrons. The lowest BCUT2D eigenvalue weighted by Crippen LogP contribution is -2.36. The van der Waals surface area contributed by atoms with Crippen molar-refractivity contribution in [2.45, 2.75) is 26.2 Å². The lowest BCUT2D eigenvalue weighted by Gasteiger charge is -2.28.